The molecule has 0 bridgehead atoms. The minimum absolute atomic E-state index is 0.119. The Balaban J connectivity index is 1.48. The number of carbonyl (C=O) groups excluding carboxylic acids is 1. The second-order valence-electron chi connectivity index (χ2n) is 6.25. The summed E-state index contributed by atoms with van der Waals surface area (Å²) in [6.45, 7) is 2.50. The first-order valence-electron chi connectivity index (χ1n) is 9.20. The zero-order valence-electron chi connectivity index (χ0n) is 16.1. The SMILES string of the molecule is Cc1cc(OCC(=O)Nc2ccccc2OCCOc2ccccc2)ccc1Cl. The molecule has 0 unspecified atom stereocenters. The average Bonchev–Trinajstić information content (AvgIpc) is 2.74. The van der Waals surface area contributed by atoms with Gasteiger partial charge in [-0.3, -0.25) is 4.79 Å². The van der Waals surface area contributed by atoms with Crippen LogP contribution in [0.5, 0.6) is 17.2 Å². The van der Waals surface area contributed by atoms with Crippen molar-refractivity contribution in [1.29, 1.82) is 0 Å². The summed E-state index contributed by atoms with van der Waals surface area (Å²) in [7, 11) is 0. The fourth-order valence-electron chi connectivity index (χ4n) is 2.57. The van der Waals surface area contributed by atoms with E-state index in [-0.39, 0.29) is 12.5 Å². The molecule has 150 valence electrons. The standard InChI is InChI=1S/C23H22ClNO4/c1-17-15-19(11-12-20(17)24)29-16-23(26)25-21-9-5-6-10-22(21)28-14-13-27-18-7-3-2-4-8-18/h2-12,15H,13-14,16H2,1H3,(H,25,26). The lowest BCUT2D eigenvalue weighted by Gasteiger charge is -2.13. The van der Waals surface area contributed by atoms with Gasteiger partial charge in [0.2, 0.25) is 0 Å². The predicted molar refractivity (Wildman–Crippen MR) is 114 cm³/mol. The number of halogens is 1. The predicted octanol–water partition coefficient (Wildman–Crippen LogP) is 5.12. The Morgan fingerprint density at radius 2 is 1.59 bits per heavy atom. The Hall–Kier alpha value is -3.18. The van der Waals surface area contributed by atoms with Crippen LogP contribution < -0.4 is 19.5 Å². The van der Waals surface area contributed by atoms with Crippen LogP contribution in [-0.2, 0) is 4.79 Å². The molecule has 0 aliphatic carbocycles. The van der Waals surface area contributed by atoms with Gasteiger partial charge in [-0.1, -0.05) is 41.9 Å². The van der Waals surface area contributed by atoms with Gasteiger partial charge in [0.05, 0.1) is 5.69 Å². The lowest BCUT2D eigenvalue weighted by molar-refractivity contribution is -0.118. The number of aryl methyl sites for hydroxylation is 1. The van der Waals surface area contributed by atoms with Crippen molar-refractivity contribution >= 4 is 23.2 Å². The first-order chi connectivity index (χ1) is 14.1. The van der Waals surface area contributed by atoms with Gasteiger partial charge in [-0.2, -0.15) is 0 Å². The molecule has 0 radical (unpaired) electrons. The minimum Gasteiger partial charge on any atom is -0.490 e. The van der Waals surface area contributed by atoms with Crippen molar-refractivity contribution in [2.75, 3.05) is 25.1 Å². The zero-order valence-corrected chi connectivity index (χ0v) is 16.8. The summed E-state index contributed by atoms with van der Waals surface area (Å²) in [5, 5.41) is 3.47. The van der Waals surface area contributed by atoms with Gasteiger partial charge in [-0.05, 0) is 55.0 Å². The normalized spacial score (nSPS) is 10.3. The highest BCUT2D eigenvalue weighted by Gasteiger charge is 2.09. The summed E-state index contributed by atoms with van der Waals surface area (Å²) in [6.07, 6.45) is 0. The third-order valence-corrected chi connectivity index (χ3v) is 4.44. The van der Waals surface area contributed by atoms with Gasteiger partial charge in [0, 0.05) is 5.02 Å². The molecule has 0 aromatic heterocycles. The Bertz CT molecular complexity index is 947. The van der Waals surface area contributed by atoms with Crippen LogP contribution >= 0.6 is 11.6 Å². The fourth-order valence-corrected chi connectivity index (χ4v) is 2.68. The van der Waals surface area contributed by atoms with Gasteiger partial charge in [-0.25, -0.2) is 0 Å². The first kappa shape index (κ1) is 20.6. The highest BCUT2D eigenvalue weighted by atomic mass is 35.5. The monoisotopic (exact) mass is 411 g/mol. The maximum atomic E-state index is 12.3. The number of ether oxygens (including phenoxy) is 3. The number of nitrogens with one attached hydrogen (secondary N) is 1. The van der Waals surface area contributed by atoms with Crippen molar-refractivity contribution in [3.05, 3.63) is 83.4 Å². The molecule has 0 saturated carbocycles. The van der Waals surface area contributed by atoms with E-state index in [1.54, 1.807) is 30.3 Å². The van der Waals surface area contributed by atoms with Gasteiger partial charge in [-0.15, -0.1) is 0 Å². The van der Waals surface area contributed by atoms with Crippen LogP contribution in [0, 0.1) is 6.92 Å². The van der Waals surface area contributed by atoms with Crippen LogP contribution in [0.15, 0.2) is 72.8 Å². The van der Waals surface area contributed by atoms with Crippen molar-refractivity contribution in [1.82, 2.24) is 0 Å². The Kier molecular flexibility index (Phi) is 7.36. The molecule has 29 heavy (non-hydrogen) atoms. The van der Waals surface area contributed by atoms with Crippen LogP contribution in [0.25, 0.3) is 0 Å². The summed E-state index contributed by atoms with van der Waals surface area (Å²) < 4.78 is 16.9. The fraction of sp³-hybridized carbons (Fsp3) is 0.174. The molecule has 1 amide bonds. The van der Waals surface area contributed by atoms with E-state index in [9.17, 15) is 4.79 Å². The van der Waals surface area contributed by atoms with Gasteiger partial charge < -0.3 is 19.5 Å². The number of para-hydroxylation sites is 3. The maximum Gasteiger partial charge on any atom is 0.262 e. The Labute approximate surface area is 175 Å². The van der Waals surface area contributed by atoms with Crippen molar-refractivity contribution in [2.24, 2.45) is 0 Å². The second-order valence-corrected chi connectivity index (χ2v) is 6.66. The number of hydrogen-bond acceptors (Lipinski definition) is 4. The molecule has 0 aliphatic heterocycles. The van der Waals surface area contributed by atoms with Crippen molar-refractivity contribution in [3.63, 3.8) is 0 Å². The molecular formula is C23H22ClNO4. The lowest BCUT2D eigenvalue weighted by Crippen LogP contribution is -2.21. The van der Waals surface area contributed by atoms with E-state index >= 15 is 0 Å². The molecule has 0 heterocycles. The van der Waals surface area contributed by atoms with Crippen molar-refractivity contribution < 1.29 is 19.0 Å². The number of hydrogen-bond donors (Lipinski definition) is 1. The molecule has 1 N–H and O–H groups in total. The number of anilines is 1. The molecule has 0 fully saturated rings. The molecule has 6 heteroatoms. The van der Waals surface area contributed by atoms with Gasteiger partial charge in [0.1, 0.15) is 30.5 Å². The number of carbonyl (C=O) groups is 1. The van der Waals surface area contributed by atoms with E-state index < -0.39 is 0 Å². The van der Waals surface area contributed by atoms with Gasteiger partial charge in [0.25, 0.3) is 5.91 Å². The zero-order chi connectivity index (χ0) is 20.5. The molecular weight excluding hydrogens is 390 g/mol. The van der Waals surface area contributed by atoms with E-state index in [0.717, 1.165) is 11.3 Å². The van der Waals surface area contributed by atoms with Gasteiger partial charge in [0.15, 0.2) is 6.61 Å². The summed E-state index contributed by atoms with van der Waals surface area (Å²) in [5.74, 6) is 1.66. The van der Waals surface area contributed by atoms with E-state index in [4.69, 9.17) is 25.8 Å². The summed E-state index contributed by atoms with van der Waals surface area (Å²) >= 11 is 6.00. The summed E-state index contributed by atoms with van der Waals surface area (Å²) in [4.78, 5) is 12.3. The Morgan fingerprint density at radius 1 is 0.862 bits per heavy atom. The highest BCUT2D eigenvalue weighted by Crippen LogP contribution is 2.24. The van der Waals surface area contributed by atoms with Crippen molar-refractivity contribution in [3.8, 4) is 17.2 Å². The third kappa shape index (κ3) is 6.43. The van der Waals surface area contributed by atoms with Crippen LogP contribution in [0.4, 0.5) is 5.69 Å². The summed E-state index contributed by atoms with van der Waals surface area (Å²) in [5.41, 5.74) is 1.47. The van der Waals surface area contributed by atoms with E-state index in [1.807, 2.05) is 49.4 Å². The quantitative estimate of drug-likeness (QED) is 0.496. The molecule has 3 rings (SSSR count). The van der Waals surface area contributed by atoms with E-state index in [1.165, 1.54) is 0 Å². The third-order valence-electron chi connectivity index (χ3n) is 4.01. The van der Waals surface area contributed by atoms with Crippen LogP contribution in [-0.4, -0.2) is 25.7 Å². The second kappa shape index (κ2) is 10.4. The largest absolute Gasteiger partial charge is 0.490 e. The smallest absolute Gasteiger partial charge is 0.262 e. The van der Waals surface area contributed by atoms with Gasteiger partial charge >= 0.3 is 0 Å². The first-order valence-corrected chi connectivity index (χ1v) is 9.58. The molecule has 3 aromatic rings. The Morgan fingerprint density at radius 3 is 2.38 bits per heavy atom. The highest BCUT2D eigenvalue weighted by molar-refractivity contribution is 6.31. The molecule has 0 atom stereocenters. The number of benzene rings is 3. The number of rotatable bonds is 9. The van der Waals surface area contributed by atoms with E-state index in [2.05, 4.69) is 5.32 Å². The molecule has 0 spiro atoms. The van der Waals surface area contributed by atoms with E-state index in [0.29, 0.717) is 35.4 Å². The maximum absolute atomic E-state index is 12.3. The van der Waals surface area contributed by atoms with Crippen LogP contribution in [0.2, 0.25) is 5.02 Å². The lowest BCUT2D eigenvalue weighted by atomic mass is 10.2. The average molecular weight is 412 g/mol. The number of amides is 1. The van der Waals surface area contributed by atoms with Crippen LogP contribution in [0.3, 0.4) is 0 Å². The van der Waals surface area contributed by atoms with Crippen LogP contribution in [0.1, 0.15) is 5.56 Å². The molecule has 0 aliphatic rings. The molecule has 3 aromatic carbocycles. The molecule has 0 saturated heterocycles. The topological polar surface area (TPSA) is 56.8 Å². The summed E-state index contributed by atoms with van der Waals surface area (Å²) in [6, 6.07) is 22.0. The minimum atomic E-state index is -0.283. The molecule has 5 nitrogen and oxygen atoms in total. The van der Waals surface area contributed by atoms with Crippen molar-refractivity contribution in [2.45, 2.75) is 6.92 Å².